The van der Waals surface area contributed by atoms with Crippen LogP contribution in [0.2, 0.25) is 5.02 Å². The molecule has 28 heavy (non-hydrogen) atoms. The van der Waals surface area contributed by atoms with Crippen LogP contribution in [0.4, 0.5) is 5.13 Å². The van der Waals surface area contributed by atoms with Gasteiger partial charge in [-0.15, -0.1) is 23.1 Å². The minimum atomic E-state index is -0.451. The molecule has 2 aromatic carbocycles. The number of nitrogens with one attached hydrogen (secondary N) is 1. The maximum absolute atomic E-state index is 12.4. The van der Waals surface area contributed by atoms with Crippen LogP contribution in [0.25, 0.3) is 0 Å². The van der Waals surface area contributed by atoms with E-state index >= 15 is 0 Å². The van der Waals surface area contributed by atoms with Crippen molar-refractivity contribution in [2.24, 2.45) is 5.73 Å². The van der Waals surface area contributed by atoms with Gasteiger partial charge >= 0.3 is 0 Å². The SMILES string of the molecule is NC(=O)Cc1csc(NC(=O)CSC(c2ccccc2)c2ccc(Cl)cc2)n1. The van der Waals surface area contributed by atoms with E-state index in [1.807, 2.05) is 54.6 Å². The summed E-state index contributed by atoms with van der Waals surface area (Å²) in [5.41, 5.74) is 7.91. The highest BCUT2D eigenvalue weighted by Gasteiger charge is 2.17. The molecular formula is C20H18ClN3O2S2. The summed E-state index contributed by atoms with van der Waals surface area (Å²) in [4.78, 5) is 27.5. The lowest BCUT2D eigenvalue weighted by Gasteiger charge is -2.17. The molecule has 8 heteroatoms. The van der Waals surface area contributed by atoms with Crippen molar-refractivity contribution in [3.05, 3.63) is 81.8 Å². The highest BCUT2D eigenvalue weighted by molar-refractivity contribution is 8.00. The van der Waals surface area contributed by atoms with Crippen LogP contribution in [-0.2, 0) is 16.0 Å². The summed E-state index contributed by atoms with van der Waals surface area (Å²) < 4.78 is 0. The molecule has 0 spiro atoms. The smallest absolute Gasteiger partial charge is 0.236 e. The number of anilines is 1. The number of benzene rings is 2. The van der Waals surface area contributed by atoms with Crippen LogP contribution in [0.1, 0.15) is 22.1 Å². The molecule has 0 saturated carbocycles. The maximum atomic E-state index is 12.4. The second-order valence-electron chi connectivity index (χ2n) is 5.99. The number of rotatable bonds is 8. The van der Waals surface area contributed by atoms with Gasteiger partial charge < -0.3 is 11.1 Å². The van der Waals surface area contributed by atoms with Gasteiger partial charge in [-0.2, -0.15) is 0 Å². The molecule has 1 unspecified atom stereocenters. The van der Waals surface area contributed by atoms with Gasteiger partial charge in [0.2, 0.25) is 11.8 Å². The molecule has 5 nitrogen and oxygen atoms in total. The first kappa shape index (κ1) is 20.4. The predicted octanol–water partition coefficient (Wildman–Crippen LogP) is 4.29. The minimum Gasteiger partial charge on any atom is -0.369 e. The Morgan fingerprint density at radius 3 is 2.46 bits per heavy atom. The molecule has 1 aromatic heterocycles. The van der Waals surface area contributed by atoms with E-state index in [2.05, 4.69) is 10.3 Å². The summed E-state index contributed by atoms with van der Waals surface area (Å²) in [6.45, 7) is 0. The van der Waals surface area contributed by atoms with Crippen LogP contribution in [0, 0.1) is 0 Å². The zero-order chi connectivity index (χ0) is 19.9. The van der Waals surface area contributed by atoms with Crippen molar-refractivity contribution in [2.75, 3.05) is 11.1 Å². The Kier molecular flexibility index (Phi) is 7.08. The monoisotopic (exact) mass is 431 g/mol. The van der Waals surface area contributed by atoms with Gasteiger partial charge in [-0.1, -0.05) is 54.1 Å². The zero-order valence-electron chi connectivity index (χ0n) is 14.8. The first-order valence-corrected chi connectivity index (χ1v) is 10.8. The third-order valence-electron chi connectivity index (χ3n) is 3.81. The normalized spacial score (nSPS) is 11.8. The first-order valence-electron chi connectivity index (χ1n) is 8.46. The molecule has 0 bridgehead atoms. The number of carbonyl (C=O) groups excluding carboxylic acids is 2. The number of carbonyl (C=O) groups is 2. The Hall–Kier alpha value is -2.35. The van der Waals surface area contributed by atoms with E-state index in [1.165, 1.54) is 23.1 Å². The second-order valence-corrected chi connectivity index (χ2v) is 8.38. The number of hydrogen-bond donors (Lipinski definition) is 2. The molecule has 3 aromatic rings. The second kappa shape index (κ2) is 9.73. The molecule has 0 aliphatic rings. The number of nitrogens with zero attached hydrogens (tertiary/aromatic N) is 1. The highest BCUT2D eigenvalue weighted by atomic mass is 35.5. The van der Waals surface area contributed by atoms with E-state index in [9.17, 15) is 9.59 Å². The molecule has 0 saturated heterocycles. The molecule has 0 fully saturated rings. The summed E-state index contributed by atoms with van der Waals surface area (Å²) in [6, 6.07) is 17.7. The number of aromatic nitrogens is 1. The first-order chi connectivity index (χ1) is 13.5. The minimum absolute atomic E-state index is 0.00549. The topological polar surface area (TPSA) is 85.1 Å². The predicted molar refractivity (Wildman–Crippen MR) is 116 cm³/mol. The Bertz CT molecular complexity index is 946. The molecule has 0 aliphatic heterocycles. The number of thiazole rings is 1. The Labute approximate surface area is 176 Å². The van der Waals surface area contributed by atoms with Gasteiger partial charge in [0.05, 0.1) is 23.1 Å². The molecule has 1 heterocycles. The number of thioether (sulfide) groups is 1. The van der Waals surface area contributed by atoms with E-state index in [0.717, 1.165) is 11.1 Å². The highest BCUT2D eigenvalue weighted by Crippen LogP contribution is 2.36. The molecule has 3 N–H and O–H groups in total. The molecule has 0 aliphatic carbocycles. The summed E-state index contributed by atoms with van der Waals surface area (Å²) in [5.74, 6) is -0.348. The number of nitrogens with two attached hydrogens (primary N) is 1. The Balaban J connectivity index is 1.66. The van der Waals surface area contributed by atoms with Gasteiger partial charge in [-0.3, -0.25) is 9.59 Å². The number of hydrogen-bond acceptors (Lipinski definition) is 5. The van der Waals surface area contributed by atoms with Crippen LogP contribution in [0.3, 0.4) is 0 Å². The molecular weight excluding hydrogens is 414 g/mol. The summed E-state index contributed by atoms with van der Waals surface area (Å²) >= 11 is 8.81. The number of halogens is 1. The fraction of sp³-hybridized carbons (Fsp3) is 0.150. The summed E-state index contributed by atoms with van der Waals surface area (Å²) in [6.07, 6.45) is 0.0633. The van der Waals surface area contributed by atoms with Crippen LogP contribution >= 0.6 is 34.7 Å². The van der Waals surface area contributed by atoms with E-state index in [4.69, 9.17) is 17.3 Å². The summed E-state index contributed by atoms with van der Waals surface area (Å²) in [7, 11) is 0. The lowest BCUT2D eigenvalue weighted by atomic mass is 10.0. The van der Waals surface area contributed by atoms with Crippen molar-refractivity contribution in [3.63, 3.8) is 0 Å². The average Bonchev–Trinajstić information content (AvgIpc) is 3.10. The number of primary amides is 1. The van der Waals surface area contributed by atoms with Crippen LogP contribution < -0.4 is 11.1 Å². The molecule has 1 atom stereocenters. The lowest BCUT2D eigenvalue weighted by molar-refractivity contribution is -0.117. The van der Waals surface area contributed by atoms with Gasteiger partial charge in [-0.25, -0.2) is 4.98 Å². The zero-order valence-corrected chi connectivity index (χ0v) is 17.2. The quantitative estimate of drug-likeness (QED) is 0.557. The van der Waals surface area contributed by atoms with E-state index in [1.54, 1.807) is 5.38 Å². The van der Waals surface area contributed by atoms with Crippen molar-refractivity contribution in [1.82, 2.24) is 4.98 Å². The van der Waals surface area contributed by atoms with Gasteiger partial charge in [0.25, 0.3) is 0 Å². The third-order valence-corrected chi connectivity index (χ3v) is 6.17. The van der Waals surface area contributed by atoms with Crippen LogP contribution in [-0.4, -0.2) is 22.6 Å². The van der Waals surface area contributed by atoms with Gasteiger partial charge in [0.1, 0.15) is 0 Å². The van der Waals surface area contributed by atoms with Crippen molar-refractivity contribution in [2.45, 2.75) is 11.7 Å². The molecule has 3 rings (SSSR count). The Morgan fingerprint density at radius 2 is 1.79 bits per heavy atom. The van der Waals surface area contributed by atoms with Crippen LogP contribution in [0.15, 0.2) is 60.0 Å². The average molecular weight is 432 g/mol. The van der Waals surface area contributed by atoms with E-state index in [-0.39, 0.29) is 23.3 Å². The van der Waals surface area contributed by atoms with Crippen molar-refractivity contribution >= 4 is 51.6 Å². The molecule has 2 amide bonds. The fourth-order valence-electron chi connectivity index (χ4n) is 2.59. The van der Waals surface area contributed by atoms with Gasteiger partial charge in [0.15, 0.2) is 5.13 Å². The third kappa shape index (κ3) is 5.82. The fourth-order valence-corrected chi connectivity index (χ4v) is 4.53. The Morgan fingerprint density at radius 1 is 1.11 bits per heavy atom. The molecule has 144 valence electrons. The van der Waals surface area contributed by atoms with E-state index < -0.39 is 5.91 Å². The van der Waals surface area contributed by atoms with Crippen molar-refractivity contribution < 1.29 is 9.59 Å². The van der Waals surface area contributed by atoms with Gasteiger partial charge in [0, 0.05) is 10.4 Å². The van der Waals surface area contributed by atoms with Crippen LogP contribution in [0.5, 0.6) is 0 Å². The maximum Gasteiger partial charge on any atom is 0.236 e. The largest absolute Gasteiger partial charge is 0.369 e. The van der Waals surface area contributed by atoms with Crippen molar-refractivity contribution in [3.8, 4) is 0 Å². The number of amides is 2. The lowest BCUT2D eigenvalue weighted by Crippen LogP contribution is -2.16. The molecule has 0 radical (unpaired) electrons. The summed E-state index contributed by atoms with van der Waals surface area (Å²) in [5, 5.41) is 5.64. The van der Waals surface area contributed by atoms with Gasteiger partial charge in [-0.05, 0) is 23.3 Å². The standard InChI is InChI=1S/C20H18ClN3O2S2/c21-15-8-6-14(7-9-15)19(13-4-2-1-3-5-13)27-12-18(26)24-20-23-16(11-28-20)10-17(22)25/h1-9,11,19H,10,12H2,(H2,22,25)(H,23,24,26). The van der Waals surface area contributed by atoms with Crippen molar-refractivity contribution in [1.29, 1.82) is 0 Å². The van der Waals surface area contributed by atoms with E-state index in [0.29, 0.717) is 15.8 Å².